The van der Waals surface area contributed by atoms with Gasteiger partial charge in [0.15, 0.2) is 5.82 Å². The zero-order valence-corrected chi connectivity index (χ0v) is 18.5. The van der Waals surface area contributed by atoms with Crippen molar-refractivity contribution in [3.05, 3.63) is 64.8 Å². The number of aliphatic carboxylic acids is 1. The summed E-state index contributed by atoms with van der Waals surface area (Å²) >= 11 is 8.06. The maximum atomic E-state index is 11.5. The number of hydrogen-bond donors (Lipinski definition) is 3. The second kappa shape index (κ2) is 8.03. The summed E-state index contributed by atoms with van der Waals surface area (Å²) in [5, 5.41) is 11.0. The summed E-state index contributed by atoms with van der Waals surface area (Å²) in [6.45, 7) is 0.708. The van der Waals surface area contributed by atoms with Gasteiger partial charge in [-0.05, 0) is 35.4 Å². The number of aromatic nitrogens is 3. The summed E-state index contributed by atoms with van der Waals surface area (Å²) in [7, 11) is 0. The first-order valence-electron chi connectivity index (χ1n) is 10.0. The maximum absolute atomic E-state index is 11.5. The van der Waals surface area contributed by atoms with Gasteiger partial charge in [0.05, 0.1) is 6.42 Å². The van der Waals surface area contributed by atoms with Crippen LogP contribution in [0.25, 0.3) is 22.3 Å². The van der Waals surface area contributed by atoms with Crippen LogP contribution in [0.5, 0.6) is 0 Å². The summed E-state index contributed by atoms with van der Waals surface area (Å²) in [5.74, 6) is 1.37. The van der Waals surface area contributed by atoms with Crippen molar-refractivity contribution >= 4 is 51.9 Å². The maximum Gasteiger partial charge on any atom is 0.307 e. The number of benzene rings is 2. The van der Waals surface area contributed by atoms with Crippen molar-refractivity contribution in [2.45, 2.75) is 23.8 Å². The van der Waals surface area contributed by atoms with Gasteiger partial charge >= 0.3 is 5.97 Å². The SMILES string of the molecule is Nc1cc(N)nc(-c2ccc3c(CC(=O)O)cn(CC4CSc5ccc(Cl)cc54)c3c2)n1. The number of nitrogen functional groups attached to an aromatic ring is 2. The molecule has 0 radical (unpaired) electrons. The molecule has 7 nitrogen and oxygen atoms in total. The smallest absolute Gasteiger partial charge is 0.307 e. The van der Waals surface area contributed by atoms with Gasteiger partial charge in [-0.15, -0.1) is 11.8 Å². The molecule has 0 saturated heterocycles. The molecular formula is C23H20ClN5O2S. The topological polar surface area (TPSA) is 120 Å². The van der Waals surface area contributed by atoms with Crippen LogP contribution in [0.4, 0.5) is 11.6 Å². The molecule has 9 heteroatoms. The fraction of sp³-hybridized carbons (Fsp3) is 0.174. The van der Waals surface area contributed by atoms with Crippen molar-refractivity contribution in [2.75, 3.05) is 17.2 Å². The molecule has 1 aliphatic heterocycles. The van der Waals surface area contributed by atoms with Crippen LogP contribution in [0.3, 0.4) is 0 Å². The van der Waals surface area contributed by atoms with Crippen molar-refractivity contribution in [3.8, 4) is 11.4 Å². The van der Waals surface area contributed by atoms with E-state index in [2.05, 4.69) is 20.6 Å². The standard InChI is InChI=1S/C23H20ClN5O2S/c24-15-2-4-19-17(7-15)14(11-32-19)10-29-9-13(6-22(30)31)16-3-1-12(5-18(16)29)23-27-20(25)8-21(26)28-23/h1-5,7-9,14H,6,10-11H2,(H,30,31)(H4,25,26,27,28). The third-order valence-corrected chi connectivity index (χ3v) is 7.09. The van der Waals surface area contributed by atoms with E-state index in [1.165, 1.54) is 16.5 Å². The lowest BCUT2D eigenvalue weighted by Gasteiger charge is -2.14. The Bertz CT molecular complexity index is 1350. The number of halogens is 1. The molecule has 0 amide bonds. The molecule has 162 valence electrons. The Labute approximate surface area is 193 Å². The number of carboxylic acids is 1. The quantitative estimate of drug-likeness (QED) is 0.398. The first-order valence-corrected chi connectivity index (χ1v) is 11.4. The zero-order chi connectivity index (χ0) is 22.4. The van der Waals surface area contributed by atoms with Crippen molar-refractivity contribution in [1.29, 1.82) is 0 Å². The van der Waals surface area contributed by atoms with E-state index in [1.807, 2.05) is 48.3 Å². The number of thioether (sulfide) groups is 1. The Morgan fingerprint density at radius 3 is 2.69 bits per heavy atom. The highest BCUT2D eigenvalue weighted by Gasteiger charge is 2.25. The summed E-state index contributed by atoms with van der Waals surface area (Å²) < 4.78 is 2.12. The largest absolute Gasteiger partial charge is 0.481 e. The van der Waals surface area contributed by atoms with E-state index in [-0.39, 0.29) is 12.3 Å². The van der Waals surface area contributed by atoms with Crippen LogP contribution in [0.2, 0.25) is 5.02 Å². The van der Waals surface area contributed by atoms with Gasteiger partial charge in [0, 0.05) is 56.9 Å². The molecule has 5 N–H and O–H groups in total. The first kappa shape index (κ1) is 20.7. The monoisotopic (exact) mass is 465 g/mol. The van der Waals surface area contributed by atoms with Gasteiger partial charge in [-0.1, -0.05) is 23.7 Å². The highest BCUT2D eigenvalue weighted by Crippen LogP contribution is 2.42. The van der Waals surface area contributed by atoms with Crippen molar-refractivity contribution in [3.63, 3.8) is 0 Å². The molecule has 2 aromatic carbocycles. The Balaban J connectivity index is 1.60. The van der Waals surface area contributed by atoms with Gasteiger partial charge in [-0.3, -0.25) is 4.79 Å². The number of hydrogen-bond acceptors (Lipinski definition) is 6. The second-order valence-electron chi connectivity index (χ2n) is 7.84. The van der Waals surface area contributed by atoms with Crippen LogP contribution in [0, 0.1) is 0 Å². The molecule has 1 aliphatic rings. The lowest BCUT2D eigenvalue weighted by Crippen LogP contribution is -2.08. The van der Waals surface area contributed by atoms with Gasteiger partial charge in [0.1, 0.15) is 11.6 Å². The molecule has 0 bridgehead atoms. The molecule has 1 unspecified atom stereocenters. The number of fused-ring (bicyclic) bond motifs is 2. The summed E-state index contributed by atoms with van der Waals surface area (Å²) in [6, 6.07) is 13.3. The first-order chi connectivity index (χ1) is 15.4. The fourth-order valence-corrected chi connectivity index (χ4v) is 5.62. The van der Waals surface area contributed by atoms with E-state index < -0.39 is 5.97 Å². The van der Waals surface area contributed by atoms with Crippen molar-refractivity contribution in [1.82, 2.24) is 14.5 Å². The number of nitrogens with zero attached hydrogens (tertiary/aromatic N) is 3. The number of nitrogens with two attached hydrogens (primary N) is 2. The number of carboxylic acid groups (broad SMARTS) is 1. The van der Waals surface area contributed by atoms with E-state index in [4.69, 9.17) is 23.1 Å². The van der Waals surface area contributed by atoms with Crippen molar-refractivity contribution < 1.29 is 9.90 Å². The lowest BCUT2D eigenvalue weighted by atomic mass is 10.0. The summed E-state index contributed by atoms with van der Waals surface area (Å²) in [4.78, 5) is 21.3. The zero-order valence-electron chi connectivity index (χ0n) is 17.0. The average Bonchev–Trinajstić information content (AvgIpc) is 3.28. The minimum atomic E-state index is -0.867. The second-order valence-corrected chi connectivity index (χ2v) is 9.34. The average molecular weight is 466 g/mol. The number of rotatable bonds is 5. The van der Waals surface area contributed by atoms with E-state index in [9.17, 15) is 9.90 Å². The lowest BCUT2D eigenvalue weighted by molar-refractivity contribution is -0.136. The molecule has 1 atom stereocenters. The van der Waals surface area contributed by atoms with Gasteiger partial charge in [0.25, 0.3) is 0 Å². The molecule has 3 heterocycles. The fourth-order valence-electron chi connectivity index (χ4n) is 4.22. The normalized spacial score (nSPS) is 15.2. The van der Waals surface area contributed by atoms with E-state index in [1.54, 1.807) is 0 Å². The number of carbonyl (C=O) groups is 1. The Morgan fingerprint density at radius 2 is 1.94 bits per heavy atom. The van der Waals surface area contributed by atoms with Gasteiger partial charge in [-0.25, -0.2) is 9.97 Å². The third kappa shape index (κ3) is 3.87. The van der Waals surface area contributed by atoms with Gasteiger partial charge in [-0.2, -0.15) is 0 Å². The molecular weight excluding hydrogens is 446 g/mol. The van der Waals surface area contributed by atoms with E-state index in [0.29, 0.717) is 24.0 Å². The number of anilines is 2. The molecule has 5 rings (SSSR count). The molecule has 0 saturated carbocycles. The predicted molar refractivity (Wildman–Crippen MR) is 128 cm³/mol. The van der Waals surface area contributed by atoms with E-state index in [0.717, 1.165) is 32.8 Å². The van der Waals surface area contributed by atoms with Crippen LogP contribution in [-0.4, -0.2) is 31.4 Å². The predicted octanol–water partition coefficient (Wildman–Crippen LogP) is 4.43. The van der Waals surface area contributed by atoms with Crippen molar-refractivity contribution in [2.24, 2.45) is 0 Å². The van der Waals surface area contributed by atoms with E-state index >= 15 is 0 Å². The van der Waals surface area contributed by atoms with Crippen LogP contribution in [0.15, 0.2) is 53.6 Å². The molecule has 0 spiro atoms. The van der Waals surface area contributed by atoms with Crippen LogP contribution in [0.1, 0.15) is 17.0 Å². The Hall–Kier alpha value is -3.23. The summed E-state index contributed by atoms with van der Waals surface area (Å²) in [6.07, 6.45) is 1.89. The third-order valence-electron chi connectivity index (χ3n) is 5.60. The molecule has 0 fully saturated rings. The highest BCUT2D eigenvalue weighted by atomic mass is 35.5. The Morgan fingerprint density at radius 1 is 1.16 bits per heavy atom. The molecule has 2 aromatic heterocycles. The Kier molecular flexibility index (Phi) is 5.19. The van der Waals surface area contributed by atoms with Crippen LogP contribution in [-0.2, 0) is 17.8 Å². The minimum absolute atomic E-state index is 0.0492. The van der Waals surface area contributed by atoms with Crippen LogP contribution < -0.4 is 11.5 Å². The van der Waals surface area contributed by atoms with Gasteiger partial charge in [0.2, 0.25) is 0 Å². The van der Waals surface area contributed by atoms with Crippen LogP contribution >= 0.6 is 23.4 Å². The molecule has 0 aliphatic carbocycles. The molecule has 32 heavy (non-hydrogen) atoms. The summed E-state index contributed by atoms with van der Waals surface area (Å²) in [5.41, 5.74) is 15.4. The molecule has 4 aromatic rings. The highest BCUT2D eigenvalue weighted by molar-refractivity contribution is 7.99. The van der Waals surface area contributed by atoms with Gasteiger partial charge < -0.3 is 21.1 Å². The minimum Gasteiger partial charge on any atom is -0.481 e.